The van der Waals surface area contributed by atoms with Gasteiger partial charge in [-0.25, -0.2) is 9.78 Å². The third kappa shape index (κ3) is 3.96. The molecule has 2 heterocycles. The van der Waals surface area contributed by atoms with Crippen LogP contribution in [0.4, 0.5) is 4.79 Å². The number of ether oxygens (including phenoxy) is 1. The lowest BCUT2D eigenvalue weighted by atomic mass is 10.2. The minimum atomic E-state index is -0.207. The van der Waals surface area contributed by atoms with E-state index in [4.69, 9.17) is 4.74 Å². The quantitative estimate of drug-likeness (QED) is 0.889. The molecule has 0 saturated heterocycles. The van der Waals surface area contributed by atoms with Crippen LogP contribution in [0.15, 0.2) is 29.6 Å². The van der Waals surface area contributed by atoms with Gasteiger partial charge in [-0.15, -0.1) is 11.3 Å². The number of nitrogens with one attached hydrogen (secondary N) is 2. The number of pyridine rings is 1. The van der Waals surface area contributed by atoms with Crippen molar-refractivity contribution in [1.82, 2.24) is 15.6 Å². The van der Waals surface area contributed by atoms with Gasteiger partial charge in [0.15, 0.2) is 0 Å². The second kappa shape index (κ2) is 6.91. The molecule has 0 bridgehead atoms. The van der Waals surface area contributed by atoms with E-state index >= 15 is 0 Å². The van der Waals surface area contributed by atoms with Crippen LogP contribution >= 0.6 is 11.3 Å². The van der Waals surface area contributed by atoms with Crippen LogP contribution in [0.5, 0.6) is 5.88 Å². The lowest BCUT2D eigenvalue weighted by molar-refractivity contribution is 0.240. The molecule has 5 nitrogen and oxygen atoms in total. The molecular formula is C14H17N3O2S. The molecule has 0 spiro atoms. The fraction of sp³-hybridized carbons (Fsp3) is 0.286. The standard InChI is InChI=1S/C14H17N3O2S/c1-10-5-6-11(13(17-10)19-2)8-15-14(18)16-9-12-4-3-7-20-12/h3-7H,8-9H2,1-2H3,(H2,15,16,18). The first kappa shape index (κ1) is 14.3. The number of hydrogen-bond acceptors (Lipinski definition) is 4. The zero-order chi connectivity index (χ0) is 14.4. The highest BCUT2D eigenvalue weighted by Gasteiger charge is 2.07. The number of amides is 2. The molecule has 0 saturated carbocycles. The third-order valence-corrected chi connectivity index (χ3v) is 3.59. The number of rotatable bonds is 5. The molecule has 0 aliphatic rings. The molecular weight excluding hydrogens is 274 g/mol. The number of carbonyl (C=O) groups excluding carboxylic acids is 1. The van der Waals surface area contributed by atoms with Gasteiger partial charge in [-0.05, 0) is 24.4 Å². The Kier molecular flexibility index (Phi) is 4.95. The molecule has 0 aliphatic heterocycles. The molecule has 2 N–H and O–H groups in total. The fourth-order valence-electron chi connectivity index (χ4n) is 1.69. The Morgan fingerprint density at radius 3 is 2.80 bits per heavy atom. The largest absolute Gasteiger partial charge is 0.481 e. The van der Waals surface area contributed by atoms with Gasteiger partial charge in [0, 0.05) is 22.7 Å². The van der Waals surface area contributed by atoms with Crippen molar-refractivity contribution in [3.63, 3.8) is 0 Å². The summed E-state index contributed by atoms with van der Waals surface area (Å²) < 4.78 is 5.20. The van der Waals surface area contributed by atoms with Gasteiger partial charge < -0.3 is 15.4 Å². The van der Waals surface area contributed by atoms with Crippen LogP contribution in [0.1, 0.15) is 16.1 Å². The maximum Gasteiger partial charge on any atom is 0.315 e. The Hall–Kier alpha value is -2.08. The summed E-state index contributed by atoms with van der Waals surface area (Å²) >= 11 is 1.61. The van der Waals surface area contributed by atoms with Crippen molar-refractivity contribution in [1.29, 1.82) is 0 Å². The van der Waals surface area contributed by atoms with Crippen LogP contribution in [0.3, 0.4) is 0 Å². The number of methoxy groups -OCH3 is 1. The summed E-state index contributed by atoms with van der Waals surface area (Å²) in [5.41, 5.74) is 1.73. The summed E-state index contributed by atoms with van der Waals surface area (Å²) in [6.45, 7) is 2.81. The highest BCUT2D eigenvalue weighted by molar-refractivity contribution is 7.09. The molecule has 0 aliphatic carbocycles. The number of aryl methyl sites for hydroxylation is 1. The first-order valence-electron chi connectivity index (χ1n) is 6.23. The van der Waals surface area contributed by atoms with Crippen LogP contribution in [0, 0.1) is 6.92 Å². The van der Waals surface area contributed by atoms with E-state index in [2.05, 4.69) is 15.6 Å². The number of hydrogen-bond donors (Lipinski definition) is 2. The summed E-state index contributed by atoms with van der Waals surface area (Å²) in [5.74, 6) is 0.545. The van der Waals surface area contributed by atoms with E-state index in [1.165, 1.54) is 0 Å². The number of nitrogens with zero attached hydrogens (tertiary/aromatic N) is 1. The summed E-state index contributed by atoms with van der Waals surface area (Å²) in [6.07, 6.45) is 0. The summed E-state index contributed by atoms with van der Waals surface area (Å²) in [7, 11) is 1.57. The summed E-state index contributed by atoms with van der Waals surface area (Å²) in [5, 5.41) is 7.58. The summed E-state index contributed by atoms with van der Waals surface area (Å²) in [4.78, 5) is 17.1. The number of urea groups is 1. The van der Waals surface area contributed by atoms with Gasteiger partial charge in [0.05, 0.1) is 13.7 Å². The Bertz CT molecular complexity index is 570. The monoisotopic (exact) mass is 291 g/mol. The minimum absolute atomic E-state index is 0.207. The normalized spacial score (nSPS) is 10.1. The van der Waals surface area contributed by atoms with Crippen molar-refractivity contribution < 1.29 is 9.53 Å². The average Bonchev–Trinajstić information content (AvgIpc) is 2.97. The molecule has 20 heavy (non-hydrogen) atoms. The number of carbonyl (C=O) groups is 1. The van der Waals surface area contributed by atoms with Crippen LogP contribution in [0.25, 0.3) is 0 Å². The average molecular weight is 291 g/mol. The lowest BCUT2D eigenvalue weighted by Crippen LogP contribution is -2.34. The topological polar surface area (TPSA) is 63.2 Å². The molecule has 0 atom stereocenters. The third-order valence-electron chi connectivity index (χ3n) is 2.71. The highest BCUT2D eigenvalue weighted by atomic mass is 32.1. The predicted octanol–water partition coefficient (Wildman–Crippen LogP) is 2.46. The Morgan fingerprint density at radius 2 is 2.10 bits per heavy atom. The molecule has 0 aromatic carbocycles. The van der Waals surface area contributed by atoms with Crippen molar-refractivity contribution in [2.24, 2.45) is 0 Å². The SMILES string of the molecule is COc1nc(C)ccc1CNC(=O)NCc1cccs1. The van der Waals surface area contributed by atoms with E-state index in [9.17, 15) is 4.79 Å². The Morgan fingerprint density at radius 1 is 1.30 bits per heavy atom. The zero-order valence-electron chi connectivity index (χ0n) is 11.5. The van der Waals surface area contributed by atoms with E-state index in [0.29, 0.717) is 19.0 Å². The van der Waals surface area contributed by atoms with E-state index in [0.717, 1.165) is 16.1 Å². The number of aromatic nitrogens is 1. The molecule has 0 unspecified atom stereocenters. The van der Waals surface area contributed by atoms with Crippen molar-refractivity contribution in [3.8, 4) is 5.88 Å². The molecule has 0 radical (unpaired) electrons. The second-order valence-corrected chi connectivity index (χ2v) is 5.27. The minimum Gasteiger partial charge on any atom is -0.481 e. The maximum atomic E-state index is 11.7. The van der Waals surface area contributed by atoms with Crippen LogP contribution in [-0.4, -0.2) is 18.1 Å². The van der Waals surface area contributed by atoms with Gasteiger partial charge in [-0.3, -0.25) is 0 Å². The smallest absolute Gasteiger partial charge is 0.315 e. The molecule has 2 rings (SSSR count). The van der Waals surface area contributed by atoms with E-state index in [1.54, 1.807) is 18.4 Å². The van der Waals surface area contributed by atoms with Crippen LogP contribution < -0.4 is 15.4 Å². The predicted molar refractivity (Wildman–Crippen MR) is 78.9 cm³/mol. The molecule has 106 valence electrons. The van der Waals surface area contributed by atoms with Gasteiger partial charge in [0.25, 0.3) is 0 Å². The first-order chi connectivity index (χ1) is 9.69. The second-order valence-electron chi connectivity index (χ2n) is 4.24. The van der Waals surface area contributed by atoms with Gasteiger partial charge in [0.1, 0.15) is 0 Å². The number of thiophene rings is 1. The van der Waals surface area contributed by atoms with Crippen molar-refractivity contribution in [3.05, 3.63) is 45.8 Å². The Balaban J connectivity index is 1.84. The highest BCUT2D eigenvalue weighted by Crippen LogP contribution is 2.15. The van der Waals surface area contributed by atoms with E-state index < -0.39 is 0 Å². The first-order valence-corrected chi connectivity index (χ1v) is 7.11. The van der Waals surface area contributed by atoms with E-state index in [-0.39, 0.29) is 6.03 Å². The van der Waals surface area contributed by atoms with Gasteiger partial charge in [-0.1, -0.05) is 12.1 Å². The molecule has 2 aromatic heterocycles. The van der Waals surface area contributed by atoms with Gasteiger partial charge in [0.2, 0.25) is 5.88 Å². The van der Waals surface area contributed by atoms with Crippen molar-refractivity contribution >= 4 is 17.4 Å². The van der Waals surface area contributed by atoms with Crippen LogP contribution in [0.2, 0.25) is 0 Å². The van der Waals surface area contributed by atoms with Crippen LogP contribution in [-0.2, 0) is 13.1 Å². The van der Waals surface area contributed by atoms with Crippen molar-refractivity contribution in [2.45, 2.75) is 20.0 Å². The van der Waals surface area contributed by atoms with Gasteiger partial charge in [-0.2, -0.15) is 0 Å². The molecule has 2 aromatic rings. The zero-order valence-corrected chi connectivity index (χ0v) is 12.3. The summed E-state index contributed by atoms with van der Waals surface area (Å²) in [6, 6.07) is 7.53. The lowest BCUT2D eigenvalue weighted by Gasteiger charge is -2.10. The van der Waals surface area contributed by atoms with Crippen molar-refractivity contribution in [2.75, 3.05) is 7.11 Å². The maximum absolute atomic E-state index is 11.7. The Labute approximate surface area is 122 Å². The van der Waals surface area contributed by atoms with E-state index in [1.807, 2.05) is 36.6 Å². The molecule has 0 fully saturated rings. The molecule has 2 amide bonds. The fourth-order valence-corrected chi connectivity index (χ4v) is 2.34. The molecule has 6 heteroatoms. The van der Waals surface area contributed by atoms with Gasteiger partial charge >= 0.3 is 6.03 Å².